The number of nitrogens with one attached hydrogen (secondary N) is 1. The molecule has 1 aromatic carbocycles. The lowest BCUT2D eigenvalue weighted by molar-refractivity contribution is -0.385. The van der Waals surface area contributed by atoms with E-state index in [1.165, 1.54) is 25.3 Å². The molecule has 0 radical (unpaired) electrons. The number of benzene rings is 1. The zero-order chi connectivity index (χ0) is 13.7. The van der Waals surface area contributed by atoms with Gasteiger partial charge in [0.15, 0.2) is 0 Å². The number of carbonyl (C=O) groups excluding carboxylic acids is 1. The van der Waals surface area contributed by atoms with Gasteiger partial charge in [0.2, 0.25) is 0 Å². The Morgan fingerprint density at radius 2 is 2.28 bits per heavy atom. The summed E-state index contributed by atoms with van der Waals surface area (Å²) in [5.41, 5.74) is 0.0918. The molecule has 18 heavy (non-hydrogen) atoms. The van der Waals surface area contributed by atoms with Gasteiger partial charge in [0.1, 0.15) is 4.47 Å². The van der Waals surface area contributed by atoms with E-state index < -0.39 is 4.92 Å². The Morgan fingerprint density at radius 3 is 2.83 bits per heavy atom. The monoisotopic (exact) mass is 316 g/mol. The summed E-state index contributed by atoms with van der Waals surface area (Å²) < 4.78 is 5.08. The average Bonchev–Trinajstić information content (AvgIpc) is 2.28. The number of methoxy groups -OCH3 is 1. The fraction of sp³-hybridized carbons (Fsp3) is 0.364. The minimum absolute atomic E-state index is 0.137. The Kier molecular flexibility index (Phi) is 5.24. The topological polar surface area (TPSA) is 81.5 Å². The maximum absolute atomic E-state index is 11.9. The molecule has 0 aliphatic carbocycles. The van der Waals surface area contributed by atoms with Crippen LogP contribution in [0.2, 0.25) is 0 Å². The van der Waals surface area contributed by atoms with Crippen molar-refractivity contribution >= 4 is 27.5 Å². The lowest BCUT2D eigenvalue weighted by Gasteiger charge is -2.13. The Balaban J connectivity index is 2.93. The Hall–Kier alpha value is -1.47. The zero-order valence-electron chi connectivity index (χ0n) is 9.97. The molecular formula is C11H13BrN2O4. The number of rotatable bonds is 5. The van der Waals surface area contributed by atoms with Crippen LogP contribution in [-0.2, 0) is 4.74 Å². The summed E-state index contributed by atoms with van der Waals surface area (Å²) in [5.74, 6) is -0.380. The second-order valence-electron chi connectivity index (χ2n) is 3.73. The van der Waals surface area contributed by atoms with Crippen LogP contribution in [0.3, 0.4) is 0 Å². The summed E-state index contributed by atoms with van der Waals surface area (Å²) in [7, 11) is 1.53. The van der Waals surface area contributed by atoms with E-state index in [1.807, 2.05) is 0 Å². The summed E-state index contributed by atoms with van der Waals surface area (Å²) >= 11 is 3.08. The summed E-state index contributed by atoms with van der Waals surface area (Å²) in [6.07, 6.45) is 0. The number of carbonyl (C=O) groups is 1. The van der Waals surface area contributed by atoms with E-state index in [-0.39, 0.29) is 27.7 Å². The number of hydrogen-bond donors (Lipinski definition) is 1. The summed E-state index contributed by atoms with van der Waals surface area (Å²) in [6.45, 7) is 2.16. The van der Waals surface area contributed by atoms with Gasteiger partial charge >= 0.3 is 0 Å². The number of ether oxygens (including phenoxy) is 1. The summed E-state index contributed by atoms with van der Waals surface area (Å²) in [4.78, 5) is 22.1. The highest BCUT2D eigenvalue weighted by atomic mass is 79.9. The molecule has 6 nitrogen and oxygen atoms in total. The molecule has 0 aromatic heterocycles. The first-order chi connectivity index (χ1) is 8.47. The highest BCUT2D eigenvalue weighted by Crippen LogP contribution is 2.28. The molecular weight excluding hydrogens is 304 g/mol. The van der Waals surface area contributed by atoms with Crippen LogP contribution in [0.1, 0.15) is 17.3 Å². The molecule has 1 unspecified atom stereocenters. The fourth-order valence-corrected chi connectivity index (χ4v) is 2.02. The van der Waals surface area contributed by atoms with Crippen molar-refractivity contribution in [2.75, 3.05) is 13.7 Å². The molecule has 0 heterocycles. The minimum Gasteiger partial charge on any atom is -0.383 e. The third kappa shape index (κ3) is 3.51. The highest BCUT2D eigenvalue weighted by Gasteiger charge is 2.20. The molecule has 1 aromatic rings. The summed E-state index contributed by atoms with van der Waals surface area (Å²) in [5, 5.41) is 13.4. The fourth-order valence-electron chi connectivity index (χ4n) is 1.43. The minimum atomic E-state index is -0.542. The van der Waals surface area contributed by atoms with Crippen LogP contribution in [0, 0.1) is 10.1 Å². The number of nitro benzene ring substituents is 1. The second kappa shape index (κ2) is 6.46. The molecule has 0 saturated carbocycles. The zero-order valence-corrected chi connectivity index (χ0v) is 11.6. The third-order valence-corrected chi connectivity index (χ3v) is 3.05. The van der Waals surface area contributed by atoms with Gasteiger partial charge in [-0.15, -0.1) is 0 Å². The van der Waals surface area contributed by atoms with Gasteiger partial charge in [-0.3, -0.25) is 14.9 Å². The average molecular weight is 317 g/mol. The maximum Gasteiger partial charge on any atom is 0.284 e. The van der Waals surface area contributed by atoms with Crippen LogP contribution >= 0.6 is 15.9 Å². The van der Waals surface area contributed by atoms with Crippen molar-refractivity contribution in [3.05, 3.63) is 38.3 Å². The van der Waals surface area contributed by atoms with Gasteiger partial charge < -0.3 is 10.1 Å². The molecule has 0 bridgehead atoms. The van der Waals surface area contributed by atoms with E-state index in [1.54, 1.807) is 6.92 Å². The van der Waals surface area contributed by atoms with E-state index in [2.05, 4.69) is 21.2 Å². The SMILES string of the molecule is COCC(C)NC(=O)c1cccc([N+](=O)[O-])c1Br. The molecule has 0 aliphatic rings. The molecule has 98 valence electrons. The molecule has 1 N–H and O–H groups in total. The van der Waals surface area contributed by atoms with Crippen molar-refractivity contribution < 1.29 is 14.5 Å². The molecule has 0 spiro atoms. The molecule has 1 rings (SSSR count). The first-order valence-electron chi connectivity index (χ1n) is 5.20. The largest absolute Gasteiger partial charge is 0.383 e. The van der Waals surface area contributed by atoms with Gasteiger partial charge in [-0.25, -0.2) is 0 Å². The van der Waals surface area contributed by atoms with Gasteiger partial charge in [-0.1, -0.05) is 6.07 Å². The van der Waals surface area contributed by atoms with Crippen molar-refractivity contribution in [1.82, 2.24) is 5.32 Å². The Labute approximate surface area is 113 Å². The van der Waals surface area contributed by atoms with Crippen LogP contribution in [0.25, 0.3) is 0 Å². The van der Waals surface area contributed by atoms with E-state index in [0.717, 1.165) is 0 Å². The van der Waals surface area contributed by atoms with Crippen molar-refractivity contribution in [3.8, 4) is 0 Å². The van der Waals surface area contributed by atoms with Crippen molar-refractivity contribution in [2.45, 2.75) is 13.0 Å². The molecule has 1 amide bonds. The lowest BCUT2D eigenvalue weighted by atomic mass is 10.2. The van der Waals surface area contributed by atoms with Gasteiger partial charge in [0, 0.05) is 19.2 Å². The van der Waals surface area contributed by atoms with Crippen molar-refractivity contribution in [2.24, 2.45) is 0 Å². The molecule has 1 atom stereocenters. The van der Waals surface area contributed by atoms with E-state index >= 15 is 0 Å². The van der Waals surface area contributed by atoms with Crippen molar-refractivity contribution in [3.63, 3.8) is 0 Å². The quantitative estimate of drug-likeness (QED) is 0.666. The number of halogens is 1. The van der Waals surface area contributed by atoms with E-state index in [4.69, 9.17) is 4.74 Å². The second-order valence-corrected chi connectivity index (χ2v) is 4.52. The van der Waals surface area contributed by atoms with E-state index in [9.17, 15) is 14.9 Å². The number of amides is 1. The van der Waals surface area contributed by atoms with Gasteiger partial charge in [0.25, 0.3) is 11.6 Å². The van der Waals surface area contributed by atoms with Crippen molar-refractivity contribution in [1.29, 1.82) is 0 Å². The molecule has 0 aliphatic heterocycles. The molecule has 7 heteroatoms. The Morgan fingerprint density at radius 1 is 1.61 bits per heavy atom. The lowest BCUT2D eigenvalue weighted by Crippen LogP contribution is -2.35. The molecule has 0 saturated heterocycles. The van der Waals surface area contributed by atoms with E-state index in [0.29, 0.717) is 6.61 Å². The number of hydrogen-bond acceptors (Lipinski definition) is 4. The number of nitro groups is 1. The standard InChI is InChI=1S/C11H13BrN2O4/c1-7(6-18-2)13-11(15)8-4-3-5-9(10(8)12)14(16)17/h3-5,7H,6H2,1-2H3,(H,13,15). The Bertz CT molecular complexity index is 464. The maximum atomic E-state index is 11.9. The normalized spacial score (nSPS) is 11.9. The predicted octanol–water partition coefficient (Wildman–Crippen LogP) is 2.12. The van der Waals surface area contributed by atoms with Crippen LogP contribution in [-0.4, -0.2) is 30.6 Å². The van der Waals surface area contributed by atoms with Crippen LogP contribution in [0.5, 0.6) is 0 Å². The van der Waals surface area contributed by atoms with Crippen LogP contribution in [0.4, 0.5) is 5.69 Å². The number of nitrogens with zero attached hydrogens (tertiary/aromatic N) is 1. The summed E-state index contributed by atoms with van der Waals surface area (Å²) in [6, 6.07) is 4.15. The predicted molar refractivity (Wildman–Crippen MR) is 69.6 cm³/mol. The van der Waals surface area contributed by atoms with Crippen LogP contribution < -0.4 is 5.32 Å². The molecule has 0 fully saturated rings. The smallest absolute Gasteiger partial charge is 0.284 e. The first kappa shape index (κ1) is 14.6. The first-order valence-corrected chi connectivity index (χ1v) is 5.99. The van der Waals surface area contributed by atoms with Gasteiger partial charge in [-0.05, 0) is 28.9 Å². The van der Waals surface area contributed by atoms with Gasteiger partial charge in [0.05, 0.1) is 17.1 Å². The third-order valence-electron chi connectivity index (χ3n) is 2.21. The van der Waals surface area contributed by atoms with Crippen LogP contribution in [0.15, 0.2) is 22.7 Å². The highest BCUT2D eigenvalue weighted by molar-refractivity contribution is 9.10. The van der Waals surface area contributed by atoms with Gasteiger partial charge in [-0.2, -0.15) is 0 Å².